The van der Waals surface area contributed by atoms with Gasteiger partial charge in [0, 0.05) is 16.7 Å². The van der Waals surface area contributed by atoms with E-state index in [4.69, 9.17) is 0 Å². The summed E-state index contributed by atoms with van der Waals surface area (Å²) in [4.78, 5) is 29.9. The van der Waals surface area contributed by atoms with Crippen LogP contribution in [0.1, 0.15) is 25.3 Å². The molecule has 3 rings (SSSR count). The van der Waals surface area contributed by atoms with Crippen LogP contribution >= 0.6 is 27.7 Å². The van der Waals surface area contributed by atoms with Crippen LogP contribution in [0, 0.1) is 6.92 Å². The van der Waals surface area contributed by atoms with Crippen LogP contribution in [0.2, 0.25) is 0 Å². The van der Waals surface area contributed by atoms with E-state index in [0.29, 0.717) is 22.6 Å². The van der Waals surface area contributed by atoms with Crippen molar-refractivity contribution in [2.24, 2.45) is 0 Å². The minimum Gasteiger partial charge on any atom is -0.325 e. The molecule has 0 bridgehead atoms. The molecule has 7 heteroatoms. The first kappa shape index (κ1) is 20.6. The van der Waals surface area contributed by atoms with Crippen LogP contribution in [0.3, 0.4) is 0 Å². The van der Waals surface area contributed by atoms with E-state index >= 15 is 0 Å². The number of benzene rings is 2. The SMILES string of the molecule is CCCCn1c(SCC(=O)Nc2ccc(Br)cc2C)nc2ccccc2c1=O. The average molecular weight is 460 g/mol. The summed E-state index contributed by atoms with van der Waals surface area (Å²) in [5, 5.41) is 4.12. The lowest BCUT2D eigenvalue weighted by Gasteiger charge is -2.13. The van der Waals surface area contributed by atoms with Crippen molar-refractivity contribution < 1.29 is 4.79 Å². The van der Waals surface area contributed by atoms with Crippen LogP contribution in [0.5, 0.6) is 0 Å². The van der Waals surface area contributed by atoms with Crippen molar-refractivity contribution >= 4 is 50.2 Å². The second kappa shape index (κ2) is 9.39. The van der Waals surface area contributed by atoms with Crippen LogP contribution < -0.4 is 10.9 Å². The molecule has 0 saturated heterocycles. The predicted octanol–water partition coefficient (Wildman–Crippen LogP) is 5.00. The highest BCUT2D eigenvalue weighted by molar-refractivity contribution is 9.10. The van der Waals surface area contributed by atoms with E-state index in [1.54, 1.807) is 10.6 Å². The van der Waals surface area contributed by atoms with E-state index < -0.39 is 0 Å². The number of carbonyl (C=O) groups is 1. The molecule has 0 aliphatic heterocycles. The molecule has 1 heterocycles. The molecular weight excluding hydrogens is 438 g/mol. The summed E-state index contributed by atoms with van der Waals surface area (Å²) in [5.41, 5.74) is 2.37. The first-order valence-corrected chi connectivity index (χ1v) is 11.0. The van der Waals surface area contributed by atoms with Gasteiger partial charge in [0.2, 0.25) is 5.91 Å². The van der Waals surface area contributed by atoms with Gasteiger partial charge in [-0.05, 0) is 49.2 Å². The van der Waals surface area contributed by atoms with Crippen LogP contribution in [-0.4, -0.2) is 21.2 Å². The molecule has 0 saturated carbocycles. The summed E-state index contributed by atoms with van der Waals surface area (Å²) in [6.45, 7) is 4.63. The number of amides is 1. The topological polar surface area (TPSA) is 64.0 Å². The number of carbonyl (C=O) groups excluding carboxylic acids is 1. The van der Waals surface area contributed by atoms with Crippen molar-refractivity contribution in [3.05, 3.63) is 62.9 Å². The molecule has 2 aromatic carbocycles. The fraction of sp³-hybridized carbons (Fsp3) is 0.286. The second-order valence-electron chi connectivity index (χ2n) is 6.52. The zero-order valence-corrected chi connectivity index (χ0v) is 18.3. The Bertz CT molecular complexity index is 1070. The van der Waals surface area contributed by atoms with Crippen molar-refractivity contribution in [1.82, 2.24) is 9.55 Å². The Kier molecular flexibility index (Phi) is 6.91. The number of para-hydroxylation sites is 1. The van der Waals surface area contributed by atoms with Gasteiger partial charge in [0.1, 0.15) is 0 Å². The number of halogens is 1. The van der Waals surface area contributed by atoms with E-state index in [0.717, 1.165) is 28.6 Å². The van der Waals surface area contributed by atoms with Gasteiger partial charge in [-0.1, -0.05) is 53.2 Å². The Morgan fingerprint density at radius 3 is 2.79 bits per heavy atom. The first-order valence-electron chi connectivity index (χ1n) is 9.18. The number of anilines is 1. The number of hydrogen-bond donors (Lipinski definition) is 1. The number of thioether (sulfide) groups is 1. The van der Waals surface area contributed by atoms with Gasteiger partial charge in [-0.15, -0.1) is 0 Å². The molecule has 3 aromatic rings. The van der Waals surface area contributed by atoms with Crippen molar-refractivity contribution in [2.75, 3.05) is 11.1 Å². The maximum atomic E-state index is 12.9. The van der Waals surface area contributed by atoms with E-state index in [1.165, 1.54) is 11.8 Å². The molecule has 1 aromatic heterocycles. The third-order valence-corrected chi connectivity index (χ3v) is 5.83. The molecule has 5 nitrogen and oxygen atoms in total. The van der Waals surface area contributed by atoms with Crippen molar-refractivity contribution in [2.45, 2.75) is 38.4 Å². The maximum Gasteiger partial charge on any atom is 0.262 e. The molecule has 0 atom stereocenters. The molecule has 146 valence electrons. The van der Waals surface area contributed by atoms with E-state index in [9.17, 15) is 9.59 Å². The van der Waals surface area contributed by atoms with Gasteiger partial charge in [0.25, 0.3) is 5.56 Å². The van der Waals surface area contributed by atoms with Crippen LogP contribution in [0.15, 0.2) is 56.9 Å². The molecule has 0 aliphatic carbocycles. The molecule has 0 aliphatic rings. The van der Waals surface area contributed by atoms with Gasteiger partial charge in [-0.25, -0.2) is 4.98 Å². The number of rotatable bonds is 7. The molecular formula is C21H22BrN3O2S. The smallest absolute Gasteiger partial charge is 0.262 e. The summed E-state index contributed by atoms with van der Waals surface area (Å²) in [6.07, 6.45) is 1.87. The van der Waals surface area contributed by atoms with Crippen LogP contribution in [-0.2, 0) is 11.3 Å². The molecule has 0 radical (unpaired) electrons. The number of nitrogens with one attached hydrogen (secondary N) is 1. The largest absolute Gasteiger partial charge is 0.325 e. The summed E-state index contributed by atoms with van der Waals surface area (Å²) >= 11 is 4.71. The summed E-state index contributed by atoms with van der Waals surface area (Å²) in [5.74, 6) is 0.0618. The number of aryl methyl sites for hydroxylation is 1. The lowest BCUT2D eigenvalue weighted by atomic mass is 10.2. The van der Waals surface area contributed by atoms with Crippen LogP contribution in [0.4, 0.5) is 5.69 Å². The predicted molar refractivity (Wildman–Crippen MR) is 119 cm³/mol. The van der Waals surface area contributed by atoms with Gasteiger partial charge >= 0.3 is 0 Å². The molecule has 1 amide bonds. The van der Waals surface area contributed by atoms with E-state index in [-0.39, 0.29) is 17.2 Å². The molecule has 0 fully saturated rings. The number of nitrogens with zero attached hydrogens (tertiary/aromatic N) is 2. The Morgan fingerprint density at radius 2 is 2.04 bits per heavy atom. The molecule has 0 spiro atoms. The van der Waals surface area contributed by atoms with E-state index in [2.05, 4.69) is 33.2 Å². The minimum absolute atomic E-state index is 0.0503. The van der Waals surface area contributed by atoms with E-state index in [1.807, 2.05) is 43.3 Å². The molecule has 0 unspecified atom stereocenters. The maximum absolute atomic E-state index is 12.9. The highest BCUT2D eigenvalue weighted by Gasteiger charge is 2.13. The Labute approximate surface area is 176 Å². The van der Waals surface area contributed by atoms with Gasteiger partial charge in [0.15, 0.2) is 5.16 Å². The fourth-order valence-electron chi connectivity index (χ4n) is 2.85. The van der Waals surface area contributed by atoms with Crippen molar-refractivity contribution in [3.63, 3.8) is 0 Å². The van der Waals surface area contributed by atoms with Gasteiger partial charge in [0.05, 0.1) is 16.7 Å². The summed E-state index contributed by atoms with van der Waals surface area (Å²) in [7, 11) is 0. The zero-order valence-electron chi connectivity index (χ0n) is 15.9. The summed E-state index contributed by atoms with van der Waals surface area (Å²) < 4.78 is 2.66. The number of fused-ring (bicyclic) bond motifs is 1. The molecule has 1 N–H and O–H groups in total. The van der Waals surface area contributed by atoms with Crippen LogP contribution in [0.25, 0.3) is 10.9 Å². The summed E-state index contributed by atoms with van der Waals surface area (Å²) in [6, 6.07) is 13.0. The fourth-order valence-corrected chi connectivity index (χ4v) is 4.16. The number of aromatic nitrogens is 2. The van der Waals surface area contributed by atoms with Gasteiger partial charge < -0.3 is 5.32 Å². The average Bonchev–Trinajstić information content (AvgIpc) is 2.68. The number of unbranched alkanes of at least 4 members (excludes halogenated alkanes) is 1. The van der Waals surface area contributed by atoms with Gasteiger partial charge in [-0.3, -0.25) is 14.2 Å². The highest BCUT2D eigenvalue weighted by atomic mass is 79.9. The minimum atomic E-state index is -0.125. The van der Waals surface area contributed by atoms with Crippen molar-refractivity contribution in [1.29, 1.82) is 0 Å². The lowest BCUT2D eigenvalue weighted by molar-refractivity contribution is -0.113. The number of hydrogen-bond acceptors (Lipinski definition) is 4. The Hall–Kier alpha value is -2.12. The Balaban J connectivity index is 1.80. The molecule has 28 heavy (non-hydrogen) atoms. The zero-order chi connectivity index (χ0) is 20.1. The quantitative estimate of drug-likeness (QED) is 0.398. The second-order valence-corrected chi connectivity index (χ2v) is 8.38. The Morgan fingerprint density at radius 1 is 1.25 bits per heavy atom. The highest BCUT2D eigenvalue weighted by Crippen LogP contribution is 2.22. The third-order valence-electron chi connectivity index (χ3n) is 4.36. The third kappa shape index (κ3) is 4.83. The van der Waals surface area contributed by atoms with Gasteiger partial charge in [-0.2, -0.15) is 0 Å². The first-order chi connectivity index (χ1) is 13.5. The standard InChI is InChI=1S/C21H22BrN3O2S/c1-3-4-11-25-20(27)16-7-5-6-8-18(16)24-21(25)28-13-19(26)23-17-10-9-15(22)12-14(17)2/h5-10,12H,3-4,11,13H2,1-2H3,(H,23,26). The van der Waals surface area contributed by atoms with Crippen molar-refractivity contribution in [3.8, 4) is 0 Å². The lowest BCUT2D eigenvalue weighted by Crippen LogP contribution is -2.24. The monoisotopic (exact) mass is 459 g/mol. The normalized spacial score (nSPS) is 11.0.